The number of aryl methyl sites for hydroxylation is 1. The molecule has 0 aromatic heterocycles. The lowest BCUT2D eigenvalue weighted by Gasteiger charge is -2.20. The molecule has 32 heavy (non-hydrogen) atoms. The van der Waals surface area contributed by atoms with Gasteiger partial charge in [-0.15, -0.1) is 0 Å². The van der Waals surface area contributed by atoms with Crippen LogP contribution < -0.4 is 4.90 Å². The van der Waals surface area contributed by atoms with Crippen LogP contribution in [0.3, 0.4) is 0 Å². The number of carbonyl (C=O) groups is 1. The molecule has 8 nitrogen and oxygen atoms in total. The van der Waals surface area contributed by atoms with Gasteiger partial charge in [0.2, 0.25) is 0 Å². The Morgan fingerprint density at radius 1 is 0.781 bits per heavy atom. The summed E-state index contributed by atoms with van der Waals surface area (Å²) in [4.78, 5) is 35.7. The number of rotatable bonds is 5. The third-order valence-corrected chi connectivity index (χ3v) is 5.08. The first-order valence-electron chi connectivity index (χ1n) is 9.67. The average Bonchev–Trinajstić information content (AvgIpc) is 3.10. The Bertz CT molecular complexity index is 1270. The largest absolute Gasteiger partial charge is 0.276 e. The monoisotopic (exact) mass is 427 g/mol. The van der Waals surface area contributed by atoms with E-state index in [9.17, 15) is 25.0 Å². The minimum Gasteiger partial charge on any atom is -0.276 e. The number of nitrogens with zero attached hydrogens (tertiary/aromatic N) is 3. The maximum atomic E-state index is 13.3. The lowest BCUT2D eigenvalue weighted by molar-refractivity contribution is -0.385. The summed E-state index contributed by atoms with van der Waals surface area (Å²) in [6.07, 6.45) is 3.40. The van der Waals surface area contributed by atoms with Crippen molar-refractivity contribution in [3.63, 3.8) is 0 Å². The van der Waals surface area contributed by atoms with Gasteiger partial charge in [-0.25, -0.2) is 0 Å². The number of amides is 1. The number of carbonyl (C=O) groups excluding carboxylic acids is 1. The van der Waals surface area contributed by atoms with Crippen molar-refractivity contribution in [3.8, 4) is 0 Å². The summed E-state index contributed by atoms with van der Waals surface area (Å²) in [7, 11) is 0. The van der Waals surface area contributed by atoms with Gasteiger partial charge in [-0.05, 0) is 54.5 Å². The van der Waals surface area contributed by atoms with E-state index in [-0.39, 0.29) is 17.3 Å². The van der Waals surface area contributed by atoms with Gasteiger partial charge in [-0.3, -0.25) is 29.9 Å². The maximum absolute atomic E-state index is 13.3. The molecule has 0 aliphatic carbocycles. The topological polar surface area (TPSA) is 107 Å². The van der Waals surface area contributed by atoms with Crippen molar-refractivity contribution in [1.29, 1.82) is 0 Å². The van der Waals surface area contributed by atoms with Crippen LogP contribution in [0.5, 0.6) is 0 Å². The number of benzene rings is 3. The predicted octanol–water partition coefficient (Wildman–Crippen LogP) is 5.28. The van der Waals surface area contributed by atoms with E-state index in [1.165, 1.54) is 41.3 Å². The molecule has 0 saturated heterocycles. The van der Waals surface area contributed by atoms with Gasteiger partial charge in [0.05, 0.1) is 15.5 Å². The first-order valence-corrected chi connectivity index (χ1v) is 9.67. The van der Waals surface area contributed by atoms with Crippen LogP contribution in [-0.4, -0.2) is 15.8 Å². The van der Waals surface area contributed by atoms with E-state index in [2.05, 4.69) is 0 Å². The predicted molar refractivity (Wildman–Crippen MR) is 121 cm³/mol. The zero-order valence-corrected chi connectivity index (χ0v) is 17.0. The highest BCUT2D eigenvalue weighted by molar-refractivity contribution is 6.23. The van der Waals surface area contributed by atoms with Crippen molar-refractivity contribution in [2.24, 2.45) is 0 Å². The van der Waals surface area contributed by atoms with Gasteiger partial charge >= 0.3 is 0 Å². The minimum atomic E-state index is -0.494. The van der Waals surface area contributed by atoms with Crippen molar-refractivity contribution < 1.29 is 14.6 Å². The highest BCUT2D eigenvalue weighted by atomic mass is 16.6. The lowest BCUT2D eigenvalue weighted by Crippen LogP contribution is -2.24. The summed E-state index contributed by atoms with van der Waals surface area (Å²) in [5.74, 6) is -0.298. The Kier molecular flexibility index (Phi) is 5.34. The maximum Gasteiger partial charge on any atom is 0.269 e. The lowest BCUT2D eigenvalue weighted by atomic mass is 10.1. The molecule has 3 aromatic rings. The van der Waals surface area contributed by atoms with Crippen molar-refractivity contribution in [3.05, 3.63) is 121 Å². The Morgan fingerprint density at radius 3 is 1.84 bits per heavy atom. The molecule has 1 heterocycles. The normalized spacial score (nSPS) is 14.5. The molecule has 0 bridgehead atoms. The number of nitro groups is 2. The highest BCUT2D eigenvalue weighted by Gasteiger charge is 2.30. The van der Waals surface area contributed by atoms with Gasteiger partial charge in [0.25, 0.3) is 17.3 Å². The molecule has 4 rings (SSSR count). The van der Waals surface area contributed by atoms with E-state index >= 15 is 0 Å². The van der Waals surface area contributed by atoms with Gasteiger partial charge in [-0.1, -0.05) is 29.8 Å². The number of non-ortho nitro benzene ring substituents is 2. The second kappa shape index (κ2) is 8.27. The van der Waals surface area contributed by atoms with E-state index in [1.54, 1.807) is 24.3 Å². The number of nitro benzene ring substituents is 2. The van der Waals surface area contributed by atoms with Crippen molar-refractivity contribution in [2.45, 2.75) is 6.92 Å². The molecule has 8 heteroatoms. The molecule has 0 radical (unpaired) electrons. The summed E-state index contributed by atoms with van der Waals surface area (Å²) in [5, 5.41) is 21.9. The Labute approximate surface area is 183 Å². The smallest absolute Gasteiger partial charge is 0.269 e. The third kappa shape index (κ3) is 4.01. The Morgan fingerprint density at radius 2 is 1.31 bits per heavy atom. The number of hydrogen-bond donors (Lipinski definition) is 0. The highest BCUT2D eigenvalue weighted by Crippen LogP contribution is 2.36. The third-order valence-electron chi connectivity index (χ3n) is 5.08. The van der Waals surface area contributed by atoms with Crippen molar-refractivity contribution >= 4 is 34.7 Å². The first-order chi connectivity index (χ1) is 15.3. The van der Waals surface area contributed by atoms with Crippen LogP contribution in [-0.2, 0) is 4.79 Å². The van der Waals surface area contributed by atoms with Crippen LogP contribution >= 0.6 is 0 Å². The van der Waals surface area contributed by atoms with E-state index in [0.717, 1.165) is 11.1 Å². The van der Waals surface area contributed by atoms with Crippen LogP contribution in [0.4, 0.5) is 17.1 Å². The van der Waals surface area contributed by atoms with E-state index in [1.807, 2.05) is 31.2 Å². The van der Waals surface area contributed by atoms with Gasteiger partial charge in [0.1, 0.15) is 0 Å². The summed E-state index contributed by atoms with van der Waals surface area (Å²) in [5.41, 5.74) is 3.96. The van der Waals surface area contributed by atoms with Gasteiger partial charge in [0, 0.05) is 35.5 Å². The molecule has 1 amide bonds. The van der Waals surface area contributed by atoms with Crippen LogP contribution in [0.15, 0.2) is 84.4 Å². The minimum absolute atomic E-state index is 0.0340. The fourth-order valence-corrected chi connectivity index (χ4v) is 3.40. The number of anilines is 1. The second-order valence-corrected chi connectivity index (χ2v) is 7.26. The van der Waals surface area contributed by atoms with Crippen LogP contribution in [0, 0.1) is 27.2 Å². The summed E-state index contributed by atoms with van der Waals surface area (Å²) >= 11 is 0. The van der Waals surface area contributed by atoms with Crippen molar-refractivity contribution in [2.75, 3.05) is 4.90 Å². The Hall–Kier alpha value is -4.59. The Balaban J connectivity index is 1.77. The SMILES string of the molecule is Cc1ccc(C2=C/C(=C\c3ccc([N+](=O)[O-])cc3)C(=O)N2c2ccc([N+](=O)[O-])cc2)cc1. The molecule has 0 fully saturated rings. The van der Waals surface area contributed by atoms with Crippen LogP contribution in [0.1, 0.15) is 16.7 Å². The molecule has 0 saturated carbocycles. The average molecular weight is 427 g/mol. The molecule has 0 atom stereocenters. The van der Waals surface area contributed by atoms with Crippen LogP contribution in [0.2, 0.25) is 0 Å². The van der Waals surface area contributed by atoms with Gasteiger partial charge in [-0.2, -0.15) is 0 Å². The van der Waals surface area contributed by atoms with E-state index in [4.69, 9.17) is 0 Å². The van der Waals surface area contributed by atoms with Gasteiger partial charge in [0.15, 0.2) is 0 Å². The molecular weight excluding hydrogens is 410 g/mol. The second-order valence-electron chi connectivity index (χ2n) is 7.26. The molecule has 158 valence electrons. The molecular formula is C24H17N3O5. The van der Waals surface area contributed by atoms with Gasteiger partial charge < -0.3 is 0 Å². The first kappa shape index (κ1) is 20.7. The zero-order valence-electron chi connectivity index (χ0n) is 17.0. The molecule has 1 aliphatic heterocycles. The molecule has 1 aliphatic rings. The molecule has 0 unspecified atom stereocenters. The fraction of sp³-hybridized carbons (Fsp3) is 0.0417. The number of hydrogen-bond acceptors (Lipinski definition) is 5. The summed E-state index contributed by atoms with van der Waals surface area (Å²) in [6, 6.07) is 19.4. The molecule has 0 spiro atoms. The standard InChI is InChI=1S/C24H17N3O5/c1-16-2-6-18(7-3-16)23-15-19(14-17-4-8-21(9-5-17)26(29)30)24(28)25(23)20-10-12-22(13-11-20)27(31)32/h2-15H,1H3/b19-14+. The molecule has 0 N–H and O–H groups in total. The van der Waals surface area contributed by atoms with E-state index < -0.39 is 9.85 Å². The summed E-state index contributed by atoms with van der Waals surface area (Å²) < 4.78 is 0. The molecule has 3 aromatic carbocycles. The zero-order chi connectivity index (χ0) is 22.8. The summed E-state index contributed by atoms with van der Waals surface area (Å²) in [6.45, 7) is 1.96. The fourth-order valence-electron chi connectivity index (χ4n) is 3.40. The van der Waals surface area contributed by atoms with E-state index in [0.29, 0.717) is 22.5 Å². The van der Waals surface area contributed by atoms with Crippen molar-refractivity contribution in [1.82, 2.24) is 0 Å². The quantitative estimate of drug-likeness (QED) is 0.313. The van der Waals surface area contributed by atoms with Crippen LogP contribution in [0.25, 0.3) is 11.8 Å².